The average molecular weight is 409 g/mol. The zero-order chi connectivity index (χ0) is 20.4. The van der Waals surface area contributed by atoms with Crippen LogP contribution in [0.1, 0.15) is 31.4 Å². The van der Waals surface area contributed by atoms with E-state index in [0.29, 0.717) is 18.4 Å². The van der Waals surface area contributed by atoms with Crippen LogP contribution in [0.15, 0.2) is 47.9 Å². The molecule has 0 N–H and O–H groups in total. The van der Waals surface area contributed by atoms with Crippen LogP contribution < -0.4 is 0 Å². The number of aryl methyl sites for hydroxylation is 1. The van der Waals surface area contributed by atoms with E-state index in [1.165, 1.54) is 17.5 Å². The van der Waals surface area contributed by atoms with Crippen molar-refractivity contribution >= 4 is 28.7 Å². The summed E-state index contributed by atoms with van der Waals surface area (Å²) in [6.45, 7) is 8.58. The van der Waals surface area contributed by atoms with E-state index in [4.69, 9.17) is 4.98 Å². The van der Waals surface area contributed by atoms with Gasteiger partial charge in [0.25, 0.3) is 0 Å². The highest BCUT2D eigenvalue weighted by Gasteiger charge is 2.26. The molecule has 1 saturated heterocycles. The molecule has 1 aliphatic rings. The number of piperidine rings is 1. The van der Waals surface area contributed by atoms with Gasteiger partial charge in [-0.25, -0.2) is 4.98 Å². The molecule has 3 heterocycles. The van der Waals surface area contributed by atoms with Crippen LogP contribution in [0.5, 0.6) is 0 Å². The Labute approximate surface area is 176 Å². The van der Waals surface area contributed by atoms with Gasteiger partial charge in [-0.15, -0.1) is 0 Å². The topological polar surface area (TPSA) is 51.0 Å². The molecule has 2 aromatic heterocycles. The van der Waals surface area contributed by atoms with Crippen molar-refractivity contribution in [2.45, 2.75) is 44.6 Å². The highest BCUT2D eigenvalue weighted by molar-refractivity contribution is 7.98. The van der Waals surface area contributed by atoms with Crippen molar-refractivity contribution < 1.29 is 4.79 Å². The zero-order valence-corrected chi connectivity index (χ0v) is 18.2. The van der Waals surface area contributed by atoms with E-state index < -0.39 is 0 Å². The number of fused-ring (bicyclic) bond motifs is 1. The highest BCUT2D eigenvalue weighted by atomic mass is 32.2. The second-order valence-corrected chi connectivity index (χ2v) is 9.31. The summed E-state index contributed by atoms with van der Waals surface area (Å²) >= 11 is 1.68. The van der Waals surface area contributed by atoms with Crippen LogP contribution in [-0.4, -0.2) is 38.4 Å². The summed E-state index contributed by atoms with van der Waals surface area (Å²) in [7, 11) is 0. The van der Waals surface area contributed by atoms with Gasteiger partial charge in [-0.05, 0) is 36.8 Å². The normalized spacial score (nSPS) is 19.6. The van der Waals surface area contributed by atoms with Crippen molar-refractivity contribution in [1.29, 1.82) is 0 Å². The first kappa shape index (κ1) is 20.0. The van der Waals surface area contributed by atoms with Gasteiger partial charge in [-0.1, -0.05) is 55.4 Å². The second-order valence-electron chi connectivity index (χ2n) is 8.37. The molecule has 4 rings (SSSR count). The molecule has 1 aliphatic heterocycles. The van der Waals surface area contributed by atoms with Gasteiger partial charge in [0.2, 0.25) is 5.91 Å². The number of thioether (sulfide) groups is 1. The Morgan fingerprint density at radius 3 is 2.76 bits per heavy atom. The van der Waals surface area contributed by atoms with Crippen LogP contribution in [0.3, 0.4) is 0 Å². The minimum Gasteiger partial charge on any atom is -0.341 e. The number of likely N-dealkylation sites (tertiary alicyclic amines) is 1. The first-order valence-corrected chi connectivity index (χ1v) is 11.2. The van der Waals surface area contributed by atoms with E-state index in [1.807, 2.05) is 21.7 Å². The molecule has 1 aromatic carbocycles. The number of amides is 1. The monoisotopic (exact) mass is 408 g/mol. The van der Waals surface area contributed by atoms with Crippen molar-refractivity contribution in [1.82, 2.24) is 19.4 Å². The van der Waals surface area contributed by atoms with Crippen LogP contribution in [0.4, 0.5) is 0 Å². The van der Waals surface area contributed by atoms with Crippen molar-refractivity contribution in [3.63, 3.8) is 0 Å². The predicted octanol–water partition coefficient (Wildman–Crippen LogP) is 4.54. The molecule has 0 saturated carbocycles. The Bertz CT molecular complexity index is 1010. The Morgan fingerprint density at radius 2 is 2.00 bits per heavy atom. The maximum Gasteiger partial charge on any atom is 0.242 e. The van der Waals surface area contributed by atoms with Gasteiger partial charge < -0.3 is 9.47 Å². The molecule has 152 valence electrons. The minimum absolute atomic E-state index is 0.170. The third kappa shape index (κ3) is 4.64. The predicted molar refractivity (Wildman–Crippen MR) is 118 cm³/mol. The number of carbonyl (C=O) groups excluding carboxylic acids is 1. The van der Waals surface area contributed by atoms with Gasteiger partial charge in [0.15, 0.2) is 5.16 Å². The number of imidazole rings is 1. The molecule has 5 nitrogen and oxygen atoms in total. The van der Waals surface area contributed by atoms with Crippen molar-refractivity contribution in [2.75, 3.05) is 13.1 Å². The van der Waals surface area contributed by atoms with Gasteiger partial charge in [-0.2, -0.15) is 0 Å². The van der Waals surface area contributed by atoms with Gasteiger partial charge in [0.05, 0.1) is 17.2 Å². The Morgan fingerprint density at radius 1 is 1.21 bits per heavy atom. The summed E-state index contributed by atoms with van der Waals surface area (Å²) in [5.74, 6) is 2.10. The fraction of sp³-hybridized carbons (Fsp3) is 0.435. The third-order valence-corrected chi connectivity index (χ3v) is 6.53. The van der Waals surface area contributed by atoms with E-state index in [-0.39, 0.29) is 5.91 Å². The van der Waals surface area contributed by atoms with E-state index in [2.05, 4.69) is 50.0 Å². The van der Waals surface area contributed by atoms with E-state index in [0.717, 1.165) is 35.0 Å². The molecule has 29 heavy (non-hydrogen) atoms. The van der Waals surface area contributed by atoms with Crippen LogP contribution in [0.25, 0.3) is 11.0 Å². The van der Waals surface area contributed by atoms with Crippen LogP contribution in [0.2, 0.25) is 0 Å². The van der Waals surface area contributed by atoms with Crippen LogP contribution in [-0.2, 0) is 17.1 Å². The lowest BCUT2D eigenvalue weighted by atomic mass is 9.92. The number of pyridine rings is 1. The fourth-order valence-corrected chi connectivity index (χ4v) is 5.22. The lowest BCUT2D eigenvalue weighted by Gasteiger charge is -2.35. The van der Waals surface area contributed by atoms with Crippen molar-refractivity contribution in [2.24, 2.45) is 11.8 Å². The largest absolute Gasteiger partial charge is 0.341 e. The van der Waals surface area contributed by atoms with Gasteiger partial charge in [0.1, 0.15) is 6.54 Å². The van der Waals surface area contributed by atoms with Gasteiger partial charge in [0, 0.05) is 25.0 Å². The van der Waals surface area contributed by atoms with Crippen molar-refractivity contribution in [3.05, 3.63) is 53.9 Å². The Balaban J connectivity index is 1.57. The summed E-state index contributed by atoms with van der Waals surface area (Å²) in [5.41, 5.74) is 4.33. The number of hydrogen-bond acceptors (Lipinski definition) is 4. The molecule has 0 aliphatic carbocycles. The number of nitrogens with zero attached hydrogens (tertiary/aromatic N) is 4. The number of aromatic nitrogens is 3. The summed E-state index contributed by atoms with van der Waals surface area (Å²) in [4.78, 5) is 24.2. The number of carbonyl (C=O) groups is 1. The molecule has 0 bridgehead atoms. The average Bonchev–Trinajstić information content (AvgIpc) is 3.03. The molecular formula is C23H28N4OS. The fourth-order valence-electron chi connectivity index (χ4n) is 4.26. The SMILES string of the molecule is Cc1cccc(CSc2nc3ccncc3n2CC(=O)N2C[C@H](C)C[C@H](C)C2)c1. The molecule has 6 heteroatoms. The summed E-state index contributed by atoms with van der Waals surface area (Å²) in [6, 6.07) is 10.4. The smallest absolute Gasteiger partial charge is 0.242 e. The van der Waals surface area contributed by atoms with E-state index in [1.54, 1.807) is 18.0 Å². The number of benzene rings is 1. The Kier molecular flexibility index (Phi) is 5.90. The molecule has 3 aromatic rings. The van der Waals surface area contributed by atoms with Crippen LogP contribution >= 0.6 is 11.8 Å². The van der Waals surface area contributed by atoms with E-state index in [9.17, 15) is 4.79 Å². The quantitative estimate of drug-likeness (QED) is 0.582. The molecule has 0 spiro atoms. The molecule has 0 unspecified atom stereocenters. The molecule has 1 fully saturated rings. The first-order chi connectivity index (χ1) is 14.0. The van der Waals surface area contributed by atoms with E-state index >= 15 is 0 Å². The number of hydrogen-bond donors (Lipinski definition) is 0. The molecular weight excluding hydrogens is 380 g/mol. The lowest BCUT2D eigenvalue weighted by Crippen LogP contribution is -2.44. The second kappa shape index (κ2) is 8.57. The standard InChI is InChI=1S/C23H28N4OS/c1-16-5-4-6-19(10-16)15-29-23-25-20-7-8-24-11-21(20)27(23)14-22(28)26-12-17(2)9-18(3)13-26/h4-8,10-11,17-18H,9,12-15H2,1-3H3/t17-,18+. The highest BCUT2D eigenvalue weighted by Crippen LogP contribution is 2.28. The summed E-state index contributed by atoms with van der Waals surface area (Å²) < 4.78 is 2.04. The maximum atomic E-state index is 13.1. The summed E-state index contributed by atoms with van der Waals surface area (Å²) in [6.07, 6.45) is 4.76. The first-order valence-electron chi connectivity index (χ1n) is 10.3. The molecule has 2 atom stereocenters. The number of rotatable bonds is 5. The summed E-state index contributed by atoms with van der Waals surface area (Å²) in [5, 5.41) is 0.876. The third-order valence-electron chi connectivity index (χ3n) is 5.48. The van der Waals surface area contributed by atoms with Crippen LogP contribution in [0, 0.1) is 18.8 Å². The molecule has 1 amide bonds. The zero-order valence-electron chi connectivity index (χ0n) is 17.3. The minimum atomic E-state index is 0.170. The lowest BCUT2D eigenvalue weighted by molar-refractivity contribution is -0.134. The van der Waals surface area contributed by atoms with Gasteiger partial charge >= 0.3 is 0 Å². The Hall–Kier alpha value is -2.34. The maximum absolute atomic E-state index is 13.1. The molecule has 0 radical (unpaired) electrons. The van der Waals surface area contributed by atoms with Crippen molar-refractivity contribution in [3.8, 4) is 0 Å². The van der Waals surface area contributed by atoms with Gasteiger partial charge in [-0.3, -0.25) is 9.78 Å².